The average molecular weight is 228 g/mol. The Morgan fingerprint density at radius 1 is 1.29 bits per heavy atom. The number of rotatable bonds is 1. The van der Waals surface area contributed by atoms with Crippen LogP contribution in [-0.4, -0.2) is 30.0 Å². The predicted octanol–water partition coefficient (Wildman–Crippen LogP) is 2.90. The van der Waals surface area contributed by atoms with Crippen molar-refractivity contribution in [2.24, 2.45) is 0 Å². The van der Waals surface area contributed by atoms with Crippen molar-refractivity contribution in [3.05, 3.63) is 35.0 Å². The Morgan fingerprint density at radius 2 is 2.12 bits per heavy atom. The van der Waals surface area contributed by atoms with Crippen LogP contribution in [0.3, 0.4) is 0 Å². The molecule has 0 bridgehead atoms. The Labute approximate surface area is 103 Å². The molecule has 17 heavy (non-hydrogen) atoms. The number of fused-ring (bicyclic) bond motifs is 3. The van der Waals surface area contributed by atoms with Gasteiger partial charge in [-0.3, -0.25) is 0 Å². The van der Waals surface area contributed by atoms with E-state index in [9.17, 15) is 0 Å². The van der Waals surface area contributed by atoms with Gasteiger partial charge in [0.1, 0.15) is 0 Å². The second kappa shape index (κ2) is 3.88. The molecule has 2 aromatic rings. The molecule has 0 amide bonds. The number of hydrogen-bond acceptors (Lipinski definition) is 1. The Hall–Kier alpha value is -1.28. The Bertz CT molecular complexity index is 551. The third-order valence-corrected chi connectivity index (χ3v) is 4.05. The van der Waals surface area contributed by atoms with Crippen LogP contribution in [0.5, 0.6) is 0 Å². The van der Waals surface area contributed by atoms with E-state index in [0.29, 0.717) is 6.04 Å². The maximum Gasteiger partial charge on any atom is 0.0461 e. The quantitative estimate of drug-likeness (QED) is 0.795. The zero-order chi connectivity index (χ0) is 12.0. The topological polar surface area (TPSA) is 19.0 Å². The van der Waals surface area contributed by atoms with Crippen molar-refractivity contribution in [3.63, 3.8) is 0 Å². The molecular weight excluding hydrogens is 208 g/mol. The average Bonchev–Trinajstić information content (AvgIpc) is 2.64. The number of nitrogens with one attached hydrogen (secondary N) is 1. The lowest BCUT2D eigenvalue weighted by Gasteiger charge is -2.28. The number of hydrogen-bond donors (Lipinski definition) is 1. The van der Waals surface area contributed by atoms with Gasteiger partial charge in [0.05, 0.1) is 0 Å². The first-order valence-electron chi connectivity index (χ1n) is 6.41. The zero-order valence-corrected chi connectivity index (χ0v) is 10.9. The van der Waals surface area contributed by atoms with Gasteiger partial charge in [-0.15, -0.1) is 0 Å². The number of nitrogens with zero attached hydrogens (tertiary/aromatic N) is 1. The molecule has 1 heterocycles. The molecule has 0 saturated carbocycles. The molecule has 90 valence electrons. The number of H-pyrrole nitrogens is 1. The molecule has 0 radical (unpaired) electrons. The highest BCUT2D eigenvalue weighted by atomic mass is 15.1. The molecule has 1 aromatic heterocycles. The largest absolute Gasteiger partial charge is 0.358 e. The van der Waals surface area contributed by atoms with Crippen LogP contribution in [0.15, 0.2) is 18.2 Å². The summed E-state index contributed by atoms with van der Waals surface area (Å²) >= 11 is 0. The van der Waals surface area contributed by atoms with Crippen LogP contribution >= 0.6 is 0 Å². The molecule has 0 fully saturated rings. The van der Waals surface area contributed by atoms with E-state index >= 15 is 0 Å². The molecule has 0 unspecified atom stereocenters. The van der Waals surface area contributed by atoms with Gasteiger partial charge in [-0.25, -0.2) is 0 Å². The monoisotopic (exact) mass is 228 g/mol. The molecule has 3 rings (SSSR count). The first-order chi connectivity index (χ1) is 8.15. The Morgan fingerprint density at radius 3 is 2.88 bits per heavy atom. The highest BCUT2D eigenvalue weighted by Gasteiger charge is 2.23. The molecule has 2 nitrogen and oxygen atoms in total. The Kier molecular flexibility index (Phi) is 2.48. The van der Waals surface area contributed by atoms with E-state index in [1.807, 2.05) is 0 Å². The third-order valence-electron chi connectivity index (χ3n) is 4.05. The number of aromatic nitrogens is 1. The molecule has 1 N–H and O–H groups in total. The van der Waals surface area contributed by atoms with Gasteiger partial charge in [0.2, 0.25) is 0 Å². The molecular formula is C15H20N2. The maximum absolute atomic E-state index is 3.60. The van der Waals surface area contributed by atoms with Crippen LogP contribution in [0.4, 0.5) is 0 Å². The van der Waals surface area contributed by atoms with Crippen LogP contribution in [0.25, 0.3) is 10.9 Å². The van der Waals surface area contributed by atoms with Gasteiger partial charge >= 0.3 is 0 Å². The molecule has 2 heteroatoms. The Balaban J connectivity index is 2.09. The molecule has 1 aliphatic rings. The van der Waals surface area contributed by atoms with Crippen molar-refractivity contribution in [3.8, 4) is 0 Å². The summed E-state index contributed by atoms with van der Waals surface area (Å²) in [6.45, 7) is 2.15. The summed E-state index contributed by atoms with van der Waals surface area (Å²) in [7, 11) is 4.38. The van der Waals surface area contributed by atoms with Crippen molar-refractivity contribution >= 4 is 10.9 Å². The summed E-state index contributed by atoms with van der Waals surface area (Å²) in [5, 5.41) is 1.43. The first-order valence-corrected chi connectivity index (χ1v) is 6.41. The fourth-order valence-electron chi connectivity index (χ4n) is 2.96. The lowest BCUT2D eigenvalue weighted by molar-refractivity contribution is 0.268. The van der Waals surface area contributed by atoms with Crippen molar-refractivity contribution in [1.82, 2.24) is 9.88 Å². The summed E-state index contributed by atoms with van der Waals surface area (Å²) in [6.07, 6.45) is 3.64. The number of aromatic amines is 1. The molecule has 0 aliphatic heterocycles. The number of aryl methyl sites for hydroxylation is 2. The molecule has 1 aromatic carbocycles. The van der Waals surface area contributed by atoms with E-state index in [2.05, 4.69) is 49.1 Å². The second-order valence-electron chi connectivity index (χ2n) is 5.49. The van der Waals surface area contributed by atoms with Crippen LogP contribution in [-0.2, 0) is 12.8 Å². The standard InChI is InChI=1S/C15H20N2/c1-10-4-6-12-13-9-11(17(2)3)5-7-14(13)16-15(12)8-10/h4,6,8,11,16H,5,7,9H2,1-3H3/t11-/m0/s1. The van der Waals surface area contributed by atoms with Gasteiger partial charge < -0.3 is 9.88 Å². The van der Waals surface area contributed by atoms with Crippen LogP contribution < -0.4 is 0 Å². The minimum absolute atomic E-state index is 0.697. The van der Waals surface area contributed by atoms with E-state index in [1.165, 1.54) is 41.4 Å². The molecule has 0 saturated heterocycles. The SMILES string of the molecule is Cc1ccc2c3c([nH]c2c1)CC[C@H](N(C)C)C3. The fourth-order valence-corrected chi connectivity index (χ4v) is 2.96. The molecule has 0 spiro atoms. The van der Waals surface area contributed by atoms with E-state index in [1.54, 1.807) is 5.56 Å². The van der Waals surface area contributed by atoms with Crippen LogP contribution in [0.1, 0.15) is 23.2 Å². The van der Waals surface area contributed by atoms with Crippen LogP contribution in [0.2, 0.25) is 0 Å². The van der Waals surface area contributed by atoms with Gasteiger partial charge in [-0.05, 0) is 57.5 Å². The van der Waals surface area contributed by atoms with Crippen molar-refractivity contribution in [2.45, 2.75) is 32.2 Å². The van der Waals surface area contributed by atoms with Crippen molar-refractivity contribution in [2.75, 3.05) is 14.1 Å². The number of likely N-dealkylation sites (N-methyl/N-ethyl adjacent to an activating group) is 1. The molecule has 1 atom stereocenters. The fraction of sp³-hybridized carbons (Fsp3) is 0.467. The third kappa shape index (κ3) is 1.77. The van der Waals surface area contributed by atoms with Crippen LogP contribution in [0, 0.1) is 6.92 Å². The maximum atomic E-state index is 3.60. The minimum Gasteiger partial charge on any atom is -0.358 e. The van der Waals surface area contributed by atoms with Gasteiger partial charge in [0, 0.05) is 22.6 Å². The lowest BCUT2D eigenvalue weighted by Crippen LogP contribution is -2.33. The minimum atomic E-state index is 0.697. The summed E-state index contributed by atoms with van der Waals surface area (Å²) in [5.41, 5.74) is 5.66. The van der Waals surface area contributed by atoms with E-state index in [0.717, 1.165) is 0 Å². The summed E-state index contributed by atoms with van der Waals surface area (Å²) in [5.74, 6) is 0. The van der Waals surface area contributed by atoms with Gasteiger partial charge in [0.25, 0.3) is 0 Å². The van der Waals surface area contributed by atoms with Gasteiger partial charge in [-0.2, -0.15) is 0 Å². The summed E-state index contributed by atoms with van der Waals surface area (Å²) in [4.78, 5) is 5.95. The predicted molar refractivity (Wildman–Crippen MR) is 72.5 cm³/mol. The van der Waals surface area contributed by atoms with E-state index < -0.39 is 0 Å². The lowest BCUT2D eigenvalue weighted by atomic mass is 9.91. The summed E-state index contributed by atoms with van der Waals surface area (Å²) in [6, 6.07) is 7.45. The van der Waals surface area contributed by atoms with E-state index in [-0.39, 0.29) is 0 Å². The van der Waals surface area contributed by atoms with Crippen molar-refractivity contribution < 1.29 is 0 Å². The second-order valence-corrected chi connectivity index (χ2v) is 5.49. The van der Waals surface area contributed by atoms with Gasteiger partial charge in [0.15, 0.2) is 0 Å². The van der Waals surface area contributed by atoms with Gasteiger partial charge in [-0.1, -0.05) is 12.1 Å². The zero-order valence-electron chi connectivity index (χ0n) is 10.9. The highest BCUT2D eigenvalue weighted by molar-refractivity contribution is 5.85. The molecule has 1 aliphatic carbocycles. The van der Waals surface area contributed by atoms with Crippen molar-refractivity contribution in [1.29, 1.82) is 0 Å². The summed E-state index contributed by atoms with van der Waals surface area (Å²) < 4.78 is 0. The highest BCUT2D eigenvalue weighted by Crippen LogP contribution is 2.30. The number of benzene rings is 1. The smallest absolute Gasteiger partial charge is 0.0461 e. The van der Waals surface area contributed by atoms with E-state index in [4.69, 9.17) is 0 Å². The normalized spacial score (nSPS) is 19.9. The first kappa shape index (κ1) is 10.8.